The maximum Gasteiger partial charge on any atom is 0.360 e. The smallest absolute Gasteiger partial charge is 0.360 e. The summed E-state index contributed by atoms with van der Waals surface area (Å²) in [6.07, 6.45) is 1.05. The van der Waals surface area contributed by atoms with Crippen molar-refractivity contribution in [2.45, 2.75) is 32.3 Å². The first-order valence-corrected chi connectivity index (χ1v) is 9.51. The molecule has 0 saturated heterocycles. The molecule has 3 rings (SSSR count). The third-order valence-corrected chi connectivity index (χ3v) is 5.44. The molecule has 2 unspecified atom stereocenters. The van der Waals surface area contributed by atoms with Crippen LogP contribution in [-0.4, -0.2) is 31.6 Å². The van der Waals surface area contributed by atoms with Gasteiger partial charge in [0, 0.05) is 22.5 Å². The molecule has 0 aromatic heterocycles. The highest BCUT2D eigenvalue weighted by molar-refractivity contribution is 6.43. The minimum Gasteiger partial charge on any atom is -0.464 e. The molecular formula is C23H26N2O4. The topological polar surface area (TPSA) is 69.5 Å². The van der Waals surface area contributed by atoms with Crippen LogP contribution in [0.2, 0.25) is 0 Å². The molecule has 29 heavy (non-hydrogen) atoms. The molecule has 1 aliphatic rings. The average molecular weight is 394 g/mol. The first kappa shape index (κ1) is 20.6. The van der Waals surface area contributed by atoms with Gasteiger partial charge >= 0.3 is 5.97 Å². The summed E-state index contributed by atoms with van der Waals surface area (Å²) < 4.78 is 4.80. The Labute approximate surface area is 171 Å². The second kappa shape index (κ2) is 8.90. The summed E-state index contributed by atoms with van der Waals surface area (Å²) in [5.41, 5.74) is 3.85. The second-order valence-corrected chi connectivity index (χ2v) is 7.32. The van der Waals surface area contributed by atoms with Crippen LogP contribution < -0.4 is 0 Å². The van der Waals surface area contributed by atoms with Crippen molar-refractivity contribution in [3.63, 3.8) is 0 Å². The van der Waals surface area contributed by atoms with E-state index in [0.717, 1.165) is 17.7 Å². The fraction of sp³-hybridized carbons (Fsp3) is 0.348. The number of nitrogens with zero attached hydrogens (tertiary/aromatic N) is 2. The van der Waals surface area contributed by atoms with Crippen LogP contribution in [0.4, 0.5) is 0 Å². The molecule has 6 heteroatoms. The minimum absolute atomic E-state index is 0.0914. The van der Waals surface area contributed by atoms with Gasteiger partial charge in [-0.15, -0.1) is 0 Å². The van der Waals surface area contributed by atoms with Crippen LogP contribution in [0.3, 0.4) is 0 Å². The first-order valence-electron chi connectivity index (χ1n) is 9.51. The average Bonchev–Trinajstić information content (AvgIpc) is 3.46. The Morgan fingerprint density at radius 2 is 1.76 bits per heavy atom. The number of oxime groups is 2. The number of ether oxygens (including phenoxy) is 1. The second-order valence-electron chi connectivity index (χ2n) is 7.32. The maximum absolute atomic E-state index is 12.0. The molecule has 1 saturated carbocycles. The summed E-state index contributed by atoms with van der Waals surface area (Å²) in [5.74, 6) is -0.212. The zero-order chi connectivity index (χ0) is 20.9. The highest BCUT2D eigenvalue weighted by atomic mass is 16.6. The molecule has 1 aliphatic carbocycles. The van der Waals surface area contributed by atoms with Gasteiger partial charge in [0.25, 0.3) is 0 Å². The van der Waals surface area contributed by atoms with Gasteiger partial charge in [0.1, 0.15) is 13.7 Å². The molecule has 0 heterocycles. The van der Waals surface area contributed by atoms with Gasteiger partial charge in [-0.1, -0.05) is 71.8 Å². The molecule has 6 nitrogen and oxygen atoms in total. The fourth-order valence-electron chi connectivity index (χ4n) is 3.64. The third kappa shape index (κ3) is 4.47. The molecule has 0 amide bonds. The van der Waals surface area contributed by atoms with Crippen molar-refractivity contribution in [2.24, 2.45) is 16.2 Å². The summed E-state index contributed by atoms with van der Waals surface area (Å²) >= 11 is 0. The van der Waals surface area contributed by atoms with E-state index >= 15 is 0 Å². The van der Waals surface area contributed by atoms with Crippen molar-refractivity contribution >= 4 is 17.4 Å². The highest BCUT2D eigenvalue weighted by Crippen LogP contribution is 2.54. The standard InChI is InChI=1S/C23H26N2O4/c1-16(20-14-23(20,2)18-11-6-5-7-12-18)24-29-15-17-10-8-9-13-19(17)21(25-28-4)22(26)27-3/h5-13,20H,14-15H2,1-4H3/b24-16+,25-21-. The Balaban J connectivity index is 1.70. The van der Waals surface area contributed by atoms with Gasteiger partial charge in [-0.25, -0.2) is 4.79 Å². The molecule has 2 aromatic rings. The van der Waals surface area contributed by atoms with E-state index in [0.29, 0.717) is 11.5 Å². The van der Waals surface area contributed by atoms with Crippen molar-refractivity contribution in [3.8, 4) is 0 Å². The Kier molecular flexibility index (Phi) is 6.32. The summed E-state index contributed by atoms with van der Waals surface area (Å²) in [6, 6.07) is 17.8. The highest BCUT2D eigenvalue weighted by Gasteiger charge is 2.52. The van der Waals surface area contributed by atoms with Crippen molar-refractivity contribution in [1.82, 2.24) is 0 Å². The van der Waals surface area contributed by atoms with Crippen molar-refractivity contribution in [1.29, 1.82) is 0 Å². The van der Waals surface area contributed by atoms with Crippen LogP contribution in [-0.2, 0) is 31.2 Å². The van der Waals surface area contributed by atoms with Gasteiger partial charge in [-0.3, -0.25) is 0 Å². The predicted octanol–water partition coefficient (Wildman–Crippen LogP) is 4.08. The summed E-state index contributed by atoms with van der Waals surface area (Å²) in [4.78, 5) is 22.5. The zero-order valence-corrected chi connectivity index (χ0v) is 17.2. The van der Waals surface area contributed by atoms with Gasteiger partial charge in [-0.2, -0.15) is 0 Å². The zero-order valence-electron chi connectivity index (χ0n) is 17.2. The predicted molar refractivity (Wildman–Crippen MR) is 112 cm³/mol. The van der Waals surface area contributed by atoms with Crippen LogP contribution in [0.5, 0.6) is 0 Å². The SMILES string of the molecule is CO/N=C(\C(=O)OC)c1ccccc1CO/N=C(\C)C1CC1(C)c1ccccc1. The number of methoxy groups -OCH3 is 1. The van der Waals surface area contributed by atoms with E-state index in [9.17, 15) is 4.79 Å². The van der Waals surface area contributed by atoms with Crippen molar-refractivity contribution in [2.75, 3.05) is 14.2 Å². The normalized spacial score (nSPS) is 21.4. The number of carbonyl (C=O) groups excluding carboxylic acids is 1. The van der Waals surface area contributed by atoms with Gasteiger partial charge in [0.05, 0.1) is 12.8 Å². The lowest BCUT2D eigenvalue weighted by molar-refractivity contribution is -0.132. The van der Waals surface area contributed by atoms with E-state index < -0.39 is 5.97 Å². The summed E-state index contributed by atoms with van der Waals surface area (Å²) in [6.45, 7) is 4.46. The quantitative estimate of drug-likeness (QED) is 0.384. The van der Waals surface area contributed by atoms with Crippen LogP contribution in [0, 0.1) is 5.92 Å². The lowest BCUT2D eigenvalue weighted by Crippen LogP contribution is -2.19. The van der Waals surface area contributed by atoms with Crippen molar-refractivity contribution in [3.05, 3.63) is 71.3 Å². The number of esters is 1. The number of benzene rings is 2. The van der Waals surface area contributed by atoms with Gasteiger partial charge in [0.2, 0.25) is 0 Å². The fourth-order valence-corrected chi connectivity index (χ4v) is 3.64. The Morgan fingerprint density at radius 1 is 1.07 bits per heavy atom. The molecule has 0 bridgehead atoms. The molecule has 2 atom stereocenters. The van der Waals surface area contributed by atoms with E-state index in [4.69, 9.17) is 14.4 Å². The molecule has 0 radical (unpaired) electrons. The number of carbonyl (C=O) groups is 1. The van der Waals surface area contributed by atoms with Gasteiger partial charge in [-0.05, 0) is 18.9 Å². The first-order chi connectivity index (χ1) is 14.0. The van der Waals surface area contributed by atoms with Crippen LogP contribution >= 0.6 is 0 Å². The lowest BCUT2D eigenvalue weighted by atomic mass is 9.94. The third-order valence-electron chi connectivity index (χ3n) is 5.44. The van der Waals surface area contributed by atoms with Gasteiger partial charge < -0.3 is 14.4 Å². The van der Waals surface area contributed by atoms with Crippen LogP contribution in [0.1, 0.15) is 37.0 Å². The van der Waals surface area contributed by atoms with Crippen LogP contribution in [0.15, 0.2) is 64.9 Å². The van der Waals surface area contributed by atoms with Crippen LogP contribution in [0.25, 0.3) is 0 Å². The largest absolute Gasteiger partial charge is 0.464 e. The maximum atomic E-state index is 12.0. The Hall–Kier alpha value is -3.15. The van der Waals surface area contributed by atoms with Crippen molar-refractivity contribution < 1.29 is 19.2 Å². The number of rotatable bonds is 8. The number of hydrogen-bond acceptors (Lipinski definition) is 6. The number of hydrogen-bond donors (Lipinski definition) is 0. The van der Waals surface area contributed by atoms with E-state index in [1.807, 2.05) is 31.2 Å². The summed E-state index contributed by atoms with van der Waals surface area (Å²) in [5, 5.41) is 8.15. The van der Waals surface area contributed by atoms with E-state index in [1.165, 1.54) is 19.8 Å². The summed E-state index contributed by atoms with van der Waals surface area (Å²) in [7, 11) is 2.69. The van der Waals surface area contributed by atoms with E-state index in [2.05, 4.69) is 41.5 Å². The molecule has 2 aromatic carbocycles. The molecule has 0 aliphatic heterocycles. The molecule has 152 valence electrons. The molecule has 1 fully saturated rings. The molecule has 0 N–H and O–H groups in total. The van der Waals surface area contributed by atoms with E-state index in [-0.39, 0.29) is 17.7 Å². The molecule has 0 spiro atoms. The minimum atomic E-state index is -0.574. The Bertz CT molecular complexity index is 923. The van der Waals surface area contributed by atoms with Gasteiger partial charge in [0.15, 0.2) is 5.71 Å². The molecular weight excluding hydrogens is 368 g/mol. The monoisotopic (exact) mass is 394 g/mol. The van der Waals surface area contributed by atoms with E-state index in [1.54, 1.807) is 6.07 Å². The lowest BCUT2D eigenvalue weighted by Gasteiger charge is -2.12. The Morgan fingerprint density at radius 3 is 2.45 bits per heavy atom.